The summed E-state index contributed by atoms with van der Waals surface area (Å²) in [6.07, 6.45) is 5.63. The smallest absolute Gasteiger partial charge is 0.140 e. The lowest BCUT2D eigenvalue weighted by atomic mass is 10.1. The van der Waals surface area contributed by atoms with Gasteiger partial charge in [0.2, 0.25) is 0 Å². The number of ketones is 2. The summed E-state index contributed by atoms with van der Waals surface area (Å²) in [5.74, 6) is 0.0166. The van der Waals surface area contributed by atoms with E-state index < -0.39 is 0 Å². The first kappa shape index (κ1) is 11.8. The first-order chi connectivity index (χ1) is 6.20. The quantitative estimate of drug-likeness (QED) is 0.424. The minimum atomic E-state index is 0.00830. The second kappa shape index (κ2) is 7.47. The lowest BCUT2D eigenvalue weighted by Crippen LogP contribution is -2.06. The van der Waals surface area contributed by atoms with Crippen molar-refractivity contribution in [3.05, 3.63) is 25.3 Å². The second-order valence-corrected chi connectivity index (χ2v) is 2.91. The molecule has 0 aromatic heterocycles. The van der Waals surface area contributed by atoms with E-state index in [0.717, 1.165) is 0 Å². The van der Waals surface area contributed by atoms with Crippen LogP contribution in [-0.2, 0) is 9.59 Å². The fourth-order valence-corrected chi connectivity index (χ4v) is 0.923. The largest absolute Gasteiger partial charge is 0.299 e. The zero-order valence-electron chi connectivity index (χ0n) is 7.92. The summed E-state index contributed by atoms with van der Waals surface area (Å²) in [7, 11) is 0. The van der Waals surface area contributed by atoms with E-state index in [4.69, 9.17) is 0 Å². The molecule has 0 rings (SSSR count). The molecule has 0 N–H and O–H groups in total. The molecule has 72 valence electrons. The molecule has 0 fully saturated rings. The van der Waals surface area contributed by atoms with Gasteiger partial charge in [0.25, 0.3) is 0 Å². The molecule has 0 radical (unpaired) electrons. The van der Waals surface area contributed by atoms with Crippen molar-refractivity contribution < 1.29 is 9.59 Å². The molecule has 2 nitrogen and oxygen atoms in total. The third kappa shape index (κ3) is 7.19. The Hall–Kier alpha value is -1.18. The molecule has 2 heteroatoms. The summed E-state index contributed by atoms with van der Waals surface area (Å²) in [5.41, 5.74) is 0. The topological polar surface area (TPSA) is 34.1 Å². The van der Waals surface area contributed by atoms with Crippen LogP contribution in [-0.4, -0.2) is 11.6 Å². The molecule has 0 aliphatic rings. The number of allylic oxidation sites excluding steroid dienone is 2. The van der Waals surface area contributed by atoms with Gasteiger partial charge >= 0.3 is 0 Å². The van der Waals surface area contributed by atoms with Crippen molar-refractivity contribution in [2.24, 2.45) is 0 Å². The van der Waals surface area contributed by atoms with Gasteiger partial charge in [-0.1, -0.05) is 12.2 Å². The third-order valence-electron chi connectivity index (χ3n) is 1.65. The highest BCUT2D eigenvalue weighted by molar-refractivity contribution is 5.99. The fourth-order valence-electron chi connectivity index (χ4n) is 0.923. The molecule has 0 bridgehead atoms. The van der Waals surface area contributed by atoms with Gasteiger partial charge in [0.15, 0.2) is 0 Å². The Labute approximate surface area is 79.3 Å². The van der Waals surface area contributed by atoms with Crippen molar-refractivity contribution in [1.82, 2.24) is 0 Å². The molecule has 13 heavy (non-hydrogen) atoms. The van der Waals surface area contributed by atoms with E-state index in [2.05, 4.69) is 13.2 Å². The van der Waals surface area contributed by atoms with Crippen molar-refractivity contribution >= 4 is 11.6 Å². The van der Waals surface area contributed by atoms with Crippen LogP contribution in [0.5, 0.6) is 0 Å². The van der Waals surface area contributed by atoms with Gasteiger partial charge in [-0.3, -0.25) is 9.59 Å². The zero-order chi connectivity index (χ0) is 10.1. The van der Waals surface area contributed by atoms with Crippen molar-refractivity contribution in [1.29, 1.82) is 0 Å². The van der Waals surface area contributed by atoms with Gasteiger partial charge in [-0.25, -0.2) is 0 Å². The van der Waals surface area contributed by atoms with E-state index in [1.165, 1.54) is 0 Å². The average Bonchev–Trinajstić information content (AvgIpc) is 2.11. The minimum Gasteiger partial charge on any atom is -0.299 e. The number of carbonyl (C=O) groups is 2. The van der Waals surface area contributed by atoms with Crippen LogP contribution in [0.2, 0.25) is 0 Å². The maximum absolute atomic E-state index is 11.1. The number of Topliss-reactive ketones (excluding diaryl/α,β-unsaturated/α-hetero) is 2. The van der Waals surface area contributed by atoms with Crippen molar-refractivity contribution in [3.8, 4) is 0 Å². The average molecular weight is 180 g/mol. The van der Waals surface area contributed by atoms with Crippen LogP contribution >= 0.6 is 0 Å². The fraction of sp³-hybridized carbons (Fsp3) is 0.455. The van der Waals surface area contributed by atoms with Crippen LogP contribution < -0.4 is 0 Å². The van der Waals surface area contributed by atoms with E-state index in [1.54, 1.807) is 12.2 Å². The predicted molar refractivity (Wildman–Crippen MR) is 53.5 cm³/mol. The van der Waals surface area contributed by atoms with Crippen LogP contribution in [0.3, 0.4) is 0 Å². The van der Waals surface area contributed by atoms with Crippen molar-refractivity contribution in [2.45, 2.75) is 32.1 Å². The van der Waals surface area contributed by atoms with Gasteiger partial charge in [0, 0.05) is 12.8 Å². The van der Waals surface area contributed by atoms with Gasteiger partial charge in [-0.2, -0.15) is 0 Å². The Morgan fingerprint density at radius 1 is 0.923 bits per heavy atom. The Kier molecular flexibility index (Phi) is 6.79. The van der Waals surface area contributed by atoms with Crippen LogP contribution in [0.4, 0.5) is 0 Å². The Bertz CT molecular complexity index is 182. The molecule has 0 unspecified atom stereocenters. The summed E-state index contributed by atoms with van der Waals surface area (Å²) < 4.78 is 0. The summed E-state index contributed by atoms with van der Waals surface area (Å²) in [4.78, 5) is 22.2. The summed E-state index contributed by atoms with van der Waals surface area (Å²) >= 11 is 0. The molecule has 0 heterocycles. The number of carbonyl (C=O) groups excluding carboxylic acids is 2. The molecule has 0 atom stereocenters. The van der Waals surface area contributed by atoms with Crippen LogP contribution in [0.25, 0.3) is 0 Å². The van der Waals surface area contributed by atoms with Crippen LogP contribution in [0, 0.1) is 0 Å². The Morgan fingerprint density at radius 2 is 1.31 bits per heavy atom. The molecule has 0 spiro atoms. The minimum absolute atomic E-state index is 0.00830. The first-order valence-electron chi connectivity index (χ1n) is 4.46. The van der Waals surface area contributed by atoms with Crippen LogP contribution in [0.1, 0.15) is 32.1 Å². The highest BCUT2D eigenvalue weighted by atomic mass is 16.1. The normalized spacial score (nSPS) is 9.23. The molecule has 0 aromatic carbocycles. The highest BCUT2D eigenvalue weighted by Crippen LogP contribution is 2.01. The Balaban J connectivity index is 3.58. The third-order valence-corrected chi connectivity index (χ3v) is 1.65. The molecule has 0 aliphatic heterocycles. The van der Waals surface area contributed by atoms with Crippen molar-refractivity contribution in [2.75, 3.05) is 0 Å². The summed E-state index contributed by atoms with van der Waals surface area (Å²) in [5, 5.41) is 0. The van der Waals surface area contributed by atoms with Gasteiger partial charge in [0.05, 0.1) is 6.42 Å². The standard InChI is InChI=1S/C11H16O2/c1-3-5-7-10(12)9-11(13)8-6-4-2/h3-4H,1-2,5-9H2. The van der Waals surface area contributed by atoms with Gasteiger partial charge in [0.1, 0.15) is 11.6 Å². The summed E-state index contributed by atoms with van der Waals surface area (Å²) in [6.45, 7) is 7.02. The molecule has 0 aliphatic carbocycles. The van der Waals surface area contributed by atoms with E-state index >= 15 is 0 Å². The highest BCUT2D eigenvalue weighted by Gasteiger charge is 2.07. The van der Waals surface area contributed by atoms with E-state index in [1.807, 2.05) is 0 Å². The van der Waals surface area contributed by atoms with E-state index in [0.29, 0.717) is 25.7 Å². The zero-order valence-corrected chi connectivity index (χ0v) is 7.92. The lowest BCUT2D eigenvalue weighted by Gasteiger charge is -1.97. The predicted octanol–water partition coefficient (Wildman–Crippen LogP) is 2.45. The van der Waals surface area contributed by atoms with Gasteiger partial charge in [-0.15, -0.1) is 13.2 Å². The van der Waals surface area contributed by atoms with E-state index in [-0.39, 0.29) is 18.0 Å². The number of rotatable bonds is 8. The maximum atomic E-state index is 11.1. The van der Waals surface area contributed by atoms with Crippen LogP contribution in [0.15, 0.2) is 25.3 Å². The molecular weight excluding hydrogens is 164 g/mol. The summed E-state index contributed by atoms with van der Waals surface area (Å²) in [6, 6.07) is 0. The van der Waals surface area contributed by atoms with Gasteiger partial charge in [-0.05, 0) is 12.8 Å². The molecule has 0 amide bonds. The monoisotopic (exact) mass is 180 g/mol. The maximum Gasteiger partial charge on any atom is 0.140 e. The Morgan fingerprint density at radius 3 is 1.62 bits per heavy atom. The van der Waals surface area contributed by atoms with E-state index in [9.17, 15) is 9.59 Å². The molecule has 0 saturated heterocycles. The first-order valence-corrected chi connectivity index (χ1v) is 4.46. The number of hydrogen-bond donors (Lipinski definition) is 0. The number of hydrogen-bond acceptors (Lipinski definition) is 2. The van der Waals surface area contributed by atoms with Crippen molar-refractivity contribution in [3.63, 3.8) is 0 Å². The molecule has 0 saturated carbocycles. The lowest BCUT2D eigenvalue weighted by molar-refractivity contribution is -0.126. The second-order valence-electron chi connectivity index (χ2n) is 2.91. The molecular formula is C11H16O2. The SMILES string of the molecule is C=CCCC(=O)CC(=O)CCC=C. The van der Waals surface area contributed by atoms with Gasteiger partial charge < -0.3 is 0 Å². The molecule has 0 aromatic rings.